The highest BCUT2D eigenvalue weighted by atomic mass is 16.5. The molecule has 0 aliphatic carbocycles. The third-order valence-electron chi connectivity index (χ3n) is 8.37. The van der Waals surface area contributed by atoms with Gasteiger partial charge in [-0.05, 0) is 66.9 Å². The number of aliphatic carboxylic acids is 1. The molecule has 218 valence electrons. The summed E-state index contributed by atoms with van der Waals surface area (Å²) < 4.78 is 7.92. The van der Waals surface area contributed by atoms with Gasteiger partial charge >= 0.3 is 5.97 Å². The molecule has 0 fully saturated rings. The average Bonchev–Trinajstić information content (AvgIpc) is 3.31. The SMILES string of the molecule is Cc1c(C(Cc2ccccc2)C(=O)O)c2ccccc2n1C(=O)c1ccc(N(C)C[C@@H]2CN(C)c3ccccc3O2)cc1. The molecule has 0 amide bonds. The molecule has 0 saturated heterocycles. The van der Waals surface area contributed by atoms with Crippen molar-refractivity contribution in [2.24, 2.45) is 0 Å². The molecule has 2 heterocycles. The summed E-state index contributed by atoms with van der Waals surface area (Å²) in [6.45, 7) is 3.31. The van der Waals surface area contributed by atoms with Crippen LogP contribution >= 0.6 is 0 Å². The summed E-state index contributed by atoms with van der Waals surface area (Å²) in [5.41, 5.74) is 5.57. The molecule has 0 radical (unpaired) electrons. The second-order valence-corrected chi connectivity index (χ2v) is 11.3. The number of carbonyl (C=O) groups excluding carboxylic acids is 1. The number of rotatable bonds is 8. The maximum Gasteiger partial charge on any atom is 0.311 e. The highest BCUT2D eigenvalue weighted by Crippen LogP contribution is 2.35. The molecule has 1 aliphatic rings. The number of hydrogen-bond acceptors (Lipinski definition) is 5. The topological polar surface area (TPSA) is 75.0 Å². The van der Waals surface area contributed by atoms with Crippen molar-refractivity contribution < 1.29 is 19.4 Å². The molecule has 4 aromatic carbocycles. The monoisotopic (exact) mass is 573 g/mol. The molecule has 1 aromatic heterocycles. The molecular formula is C36H35N3O4. The molecule has 7 heteroatoms. The van der Waals surface area contributed by atoms with Gasteiger partial charge in [0.05, 0.1) is 30.2 Å². The van der Waals surface area contributed by atoms with Crippen molar-refractivity contribution in [3.63, 3.8) is 0 Å². The van der Waals surface area contributed by atoms with Gasteiger partial charge in [-0.25, -0.2) is 0 Å². The van der Waals surface area contributed by atoms with Gasteiger partial charge < -0.3 is 19.6 Å². The van der Waals surface area contributed by atoms with E-state index in [9.17, 15) is 14.7 Å². The van der Waals surface area contributed by atoms with E-state index in [1.165, 1.54) is 0 Å². The van der Waals surface area contributed by atoms with Gasteiger partial charge in [-0.15, -0.1) is 0 Å². The molecule has 6 rings (SSSR count). The van der Waals surface area contributed by atoms with E-state index in [1.807, 2.05) is 111 Å². The van der Waals surface area contributed by atoms with Crippen LogP contribution in [0, 0.1) is 6.92 Å². The number of likely N-dealkylation sites (N-methyl/N-ethyl adjacent to an activating group) is 2. The van der Waals surface area contributed by atoms with Gasteiger partial charge in [0, 0.05) is 36.4 Å². The Kier molecular flexibility index (Phi) is 7.63. The van der Waals surface area contributed by atoms with E-state index in [-0.39, 0.29) is 12.0 Å². The fraction of sp³-hybridized carbons (Fsp3) is 0.222. The number of anilines is 2. The first kappa shape index (κ1) is 28.1. The normalized spacial score (nSPS) is 15.0. The van der Waals surface area contributed by atoms with E-state index < -0.39 is 11.9 Å². The number of benzene rings is 4. The van der Waals surface area contributed by atoms with E-state index in [4.69, 9.17) is 4.74 Å². The smallest absolute Gasteiger partial charge is 0.311 e. The van der Waals surface area contributed by atoms with Crippen LogP contribution in [0.4, 0.5) is 11.4 Å². The molecule has 0 spiro atoms. The van der Waals surface area contributed by atoms with Crippen LogP contribution in [0.1, 0.15) is 33.1 Å². The van der Waals surface area contributed by atoms with Crippen LogP contribution < -0.4 is 14.5 Å². The number of aromatic nitrogens is 1. The van der Waals surface area contributed by atoms with Crippen molar-refractivity contribution in [1.82, 2.24) is 4.57 Å². The van der Waals surface area contributed by atoms with Crippen LogP contribution in [0.25, 0.3) is 10.9 Å². The molecule has 1 unspecified atom stereocenters. The number of fused-ring (bicyclic) bond motifs is 2. The van der Waals surface area contributed by atoms with Crippen LogP contribution in [0.2, 0.25) is 0 Å². The Morgan fingerprint density at radius 2 is 1.60 bits per heavy atom. The van der Waals surface area contributed by atoms with Crippen molar-refractivity contribution in [2.45, 2.75) is 25.4 Å². The number of hydrogen-bond donors (Lipinski definition) is 1. The van der Waals surface area contributed by atoms with Crippen molar-refractivity contribution in [3.8, 4) is 5.75 Å². The summed E-state index contributed by atoms with van der Waals surface area (Å²) in [5.74, 6) is -0.998. The van der Waals surface area contributed by atoms with Gasteiger partial charge in [0.25, 0.3) is 5.91 Å². The number of carboxylic acids is 1. The van der Waals surface area contributed by atoms with Gasteiger partial charge in [0.1, 0.15) is 11.9 Å². The Morgan fingerprint density at radius 1 is 0.930 bits per heavy atom. The molecule has 1 N–H and O–H groups in total. The zero-order chi connectivity index (χ0) is 30.1. The Labute approximate surface area is 251 Å². The molecular weight excluding hydrogens is 538 g/mol. The minimum atomic E-state index is -0.911. The predicted octanol–water partition coefficient (Wildman–Crippen LogP) is 6.38. The van der Waals surface area contributed by atoms with Crippen LogP contribution in [0.15, 0.2) is 103 Å². The van der Waals surface area contributed by atoms with Crippen molar-refractivity contribution in [2.75, 3.05) is 37.0 Å². The lowest BCUT2D eigenvalue weighted by atomic mass is 9.90. The third kappa shape index (κ3) is 5.46. The minimum absolute atomic E-state index is 0.00316. The van der Waals surface area contributed by atoms with Crippen molar-refractivity contribution in [1.29, 1.82) is 0 Å². The predicted molar refractivity (Wildman–Crippen MR) is 171 cm³/mol. The number of carbonyl (C=O) groups is 2. The van der Waals surface area contributed by atoms with E-state index in [1.54, 1.807) is 4.57 Å². The average molecular weight is 574 g/mol. The molecule has 43 heavy (non-hydrogen) atoms. The lowest BCUT2D eigenvalue weighted by Gasteiger charge is -2.36. The Hall–Kier alpha value is -5.04. The second-order valence-electron chi connectivity index (χ2n) is 11.3. The van der Waals surface area contributed by atoms with E-state index in [0.717, 1.165) is 34.6 Å². The van der Waals surface area contributed by atoms with Crippen LogP contribution in [0.3, 0.4) is 0 Å². The lowest BCUT2D eigenvalue weighted by molar-refractivity contribution is -0.138. The van der Waals surface area contributed by atoms with E-state index >= 15 is 0 Å². The van der Waals surface area contributed by atoms with Gasteiger partial charge in [0.15, 0.2) is 0 Å². The van der Waals surface area contributed by atoms with Crippen LogP contribution in [-0.2, 0) is 11.2 Å². The van der Waals surface area contributed by atoms with Crippen molar-refractivity contribution >= 4 is 34.2 Å². The summed E-state index contributed by atoms with van der Waals surface area (Å²) in [6.07, 6.45) is 0.336. The second kappa shape index (κ2) is 11.7. The maximum atomic E-state index is 14.0. The van der Waals surface area contributed by atoms with E-state index in [0.29, 0.717) is 35.3 Å². The molecule has 5 aromatic rings. The summed E-state index contributed by atoms with van der Waals surface area (Å²) in [7, 11) is 4.10. The minimum Gasteiger partial charge on any atom is -0.485 e. The number of ether oxygens (including phenoxy) is 1. The quantitative estimate of drug-likeness (QED) is 0.232. The fourth-order valence-electron chi connectivity index (χ4n) is 6.24. The van der Waals surface area contributed by atoms with Crippen LogP contribution in [0.5, 0.6) is 5.75 Å². The molecule has 1 aliphatic heterocycles. The Balaban J connectivity index is 1.25. The van der Waals surface area contributed by atoms with Gasteiger partial charge in [-0.3, -0.25) is 14.2 Å². The molecule has 2 atom stereocenters. The van der Waals surface area contributed by atoms with Gasteiger partial charge in [0.2, 0.25) is 0 Å². The first-order valence-electron chi connectivity index (χ1n) is 14.5. The summed E-state index contributed by atoms with van der Waals surface area (Å²) >= 11 is 0. The highest BCUT2D eigenvalue weighted by Gasteiger charge is 2.30. The fourth-order valence-corrected chi connectivity index (χ4v) is 6.24. The number of nitrogens with zero attached hydrogens (tertiary/aromatic N) is 3. The standard InChI is InChI=1S/C36H35N3O4/c1-24-34(30(36(41)42)21-25-11-5-4-6-12-25)29-13-7-8-14-31(29)39(24)35(40)26-17-19-27(20-18-26)37(2)22-28-23-38(3)32-15-9-10-16-33(32)43-28/h4-20,28,30H,21-23H2,1-3H3,(H,41,42)/t28-,30?/m1/s1. The van der Waals surface area contributed by atoms with Gasteiger partial charge in [-0.2, -0.15) is 0 Å². The highest BCUT2D eigenvalue weighted by molar-refractivity contribution is 6.05. The number of para-hydroxylation sites is 3. The molecule has 0 bridgehead atoms. The zero-order valence-electron chi connectivity index (χ0n) is 24.6. The van der Waals surface area contributed by atoms with Crippen molar-refractivity contribution in [3.05, 3.63) is 126 Å². The number of carboxylic acid groups (broad SMARTS) is 1. The first-order chi connectivity index (χ1) is 20.8. The molecule has 7 nitrogen and oxygen atoms in total. The maximum absolute atomic E-state index is 14.0. The Morgan fingerprint density at radius 3 is 2.35 bits per heavy atom. The summed E-state index contributed by atoms with van der Waals surface area (Å²) in [4.78, 5) is 30.9. The van der Waals surface area contributed by atoms with Crippen LogP contribution in [-0.4, -0.2) is 54.8 Å². The Bertz CT molecular complexity index is 1780. The van der Waals surface area contributed by atoms with E-state index in [2.05, 4.69) is 22.9 Å². The lowest BCUT2D eigenvalue weighted by Crippen LogP contribution is -2.44. The third-order valence-corrected chi connectivity index (χ3v) is 8.37. The van der Waals surface area contributed by atoms with Gasteiger partial charge in [-0.1, -0.05) is 60.7 Å². The first-order valence-corrected chi connectivity index (χ1v) is 14.5. The summed E-state index contributed by atoms with van der Waals surface area (Å²) in [5, 5.41) is 11.1. The zero-order valence-corrected chi connectivity index (χ0v) is 24.6. The largest absolute Gasteiger partial charge is 0.485 e. The molecule has 0 saturated carbocycles. The summed E-state index contributed by atoms with van der Waals surface area (Å²) in [6, 6.07) is 32.8.